The van der Waals surface area contributed by atoms with E-state index in [2.05, 4.69) is 0 Å². The summed E-state index contributed by atoms with van der Waals surface area (Å²) in [7, 11) is 1.60. The Morgan fingerprint density at radius 3 is 2.61 bits per heavy atom. The van der Waals surface area contributed by atoms with Gasteiger partial charge in [0, 0.05) is 33.2 Å². The minimum absolute atomic E-state index is 0.0183. The maximum Gasteiger partial charge on any atom is 0.326 e. The summed E-state index contributed by atoms with van der Waals surface area (Å²) in [6.45, 7) is 1.13. The summed E-state index contributed by atoms with van der Waals surface area (Å²) in [5.74, 6) is -1.07. The molecule has 0 saturated carbocycles. The second-order valence-electron chi connectivity index (χ2n) is 4.77. The van der Waals surface area contributed by atoms with E-state index in [1.807, 2.05) is 0 Å². The number of aliphatic hydroxyl groups is 1. The lowest BCUT2D eigenvalue weighted by atomic mass is 10.2. The highest BCUT2D eigenvalue weighted by molar-refractivity contribution is 5.83. The molecule has 2 aliphatic rings. The van der Waals surface area contributed by atoms with Gasteiger partial charge in [0.15, 0.2) is 0 Å². The van der Waals surface area contributed by atoms with Crippen molar-refractivity contribution >= 4 is 12.0 Å². The van der Waals surface area contributed by atoms with Crippen LogP contribution < -0.4 is 0 Å². The molecular formula is C11H18N2O5. The fourth-order valence-corrected chi connectivity index (χ4v) is 2.54. The number of carbonyl (C=O) groups is 2. The van der Waals surface area contributed by atoms with E-state index in [-0.39, 0.29) is 25.1 Å². The molecule has 2 saturated heterocycles. The topological polar surface area (TPSA) is 90.3 Å². The minimum atomic E-state index is -1.07. The van der Waals surface area contributed by atoms with Crippen LogP contribution in [0.1, 0.15) is 12.8 Å². The molecule has 7 nitrogen and oxygen atoms in total. The average Bonchev–Trinajstić information content (AvgIpc) is 2.94. The number of aliphatic hydroxyl groups excluding tert-OH is 1. The van der Waals surface area contributed by atoms with Crippen LogP contribution in [0.4, 0.5) is 4.79 Å². The Labute approximate surface area is 105 Å². The first-order valence-electron chi connectivity index (χ1n) is 6.02. The Morgan fingerprint density at radius 1 is 1.33 bits per heavy atom. The molecule has 2 rings (SSSR count). The number of aliphatic carboxylic acids is 1. The maximum absolute atomic E-state index is 12.2. The number of methoxy groups -OCH3 is 1. The van der Waals surface area contributed by atoms with E-state index in [1.165, 1.54) is 4.90 Å². The van der Waals surface area contributed by atoms with E-state index in [0.717, 1.165) is 6.42 Å². The van der Waals surface area contributed by atoms with Crippen LogP contribution in [0, 0.1) is 0 Å². The highest BCUT2D eigenvalue weighted by Crippen LogP contribution is 2.22. The predicted octanol–water partition coefficient (Wildman–Crippen LogP) is -0.653. The third-order valence-corrected chi connectivity index (χ3v) is 3.56. The number of urea groups is 1. The normalized spacial score (nSPS) is 32.0. The lowest BCUT2D eigenvalue weighted by Gasteiger charge is -2.27. The van der Waals surface area contributed by atoms with Gasteiger partial charge < -0.3 is 24.7 Å². The Morgan fingerprint density at radius 2 is 2.06 bits per heavy atom. The van der Waals surface area contributed by atoms with E-state index in [9.17, 15) is 14.7 Å². The number of hydrogen-bond donors (Lipinski definition) is 2. The minimum Gasteiger partial charge on any atom is -0.480 e. The number of carbonyl (C=O) groups excluding carboxylic acids is 1. The van der Waals surface area contributed by atoms with Crippen molar-refractivity contribution in [3.63, 3.8) is 0 Å². The number of ether oxygens (including phenoxy) is 1. The SMILES string of the molecule is COC1CCN(C(=O)N2CC(O)CC2C(=O)O)C1. The van der Waals surface area contributed by atoms with Gasteiger partial charge in [-0.1, -0.05) is 0 Å². The van der Waals surface area contributed by atoms with E-state index >= 15 is 0 Å². The smallest absolute Gasteiger partial charge is 0.326 e. The van der Waals surface area contributed by atoms with E-state index in [1.54, 1.807) is 12.0 Å². The van der Waals surface area contributed by atoms with Gasteiger partial charge in [0.2, 0.25) is 0 Å². The molecule has 0 spiro atoms. The molecular weight excluding hydrogens is 240 g/mol. The zero-order valence-corrected chi connectivity index (χ0v) is 10.3. The average molecular weight is 258 g/mol. The summed E-state index contributed by atoms with van der Waals surface area (Å²) >= 11 is 0. The Hall–Kier alpha value is -1.34. The van der Waals surface area contributed by atoms with Crippen LogP contribution in [0.2, 0.25) is 0 Å². The Bertz CT molecular complexity index is 348. The molecule has 0 aromatic rings. The van der Waals surface area contributed by atoms with Crippen molar-refractivity contribution in [2.75, 3.05) is 26.7 Å². The molecule has 2 heterocycles. The van der Waals surface area contributed by atoms with Crippen LogP contribution in [0.3, 0.4) is 0 Å². The highest BCUT2D eigenvalue weighted by Gasteiger charge is 2.41. The van der Waals surface area contributed by atoms with Crippen molar-refractivity contribution in [2.24, 2.45) is 0 Å². The predicted molar refractivity (Wildman–Crippen MR) is 61.1 cm³/mol. The van der Waals surface area contributed by atoms with Gasteiger partial charge in [0.05, 0.1) is 12.2 Å². The summed E-state index contributed by atoms with van der Waals surface area (Å²) in [5, 5.41) is 18.6. The molecule has 0 aliphatic carbocycles. The van der Waals surface area contributed by atoms with Gasteiger partial charge in [-0.05, 0) is 6.42 Å². The molecule has 7 heteroatoms. The van der Waals surface area contributed by atoms with Gasteiger partial charge in [-0.2, -0.15) is 0 Å². The van der Waals surface area contributed by atoms with Crippen molar-refractivity contribution in [2.45, 2.75) is 31.1 Å². The monoisotopic (exact) mass is 258 g/mol. The molecule has 0 radical (unpaired) electrons. The molecule has 3 unspecified atom stereocenters. The van der Waals surface area contributed by atoms with Crippen molar-refractivity contribution in [1.82, 2.24) is 9.80 Å². The van der Waals surface area contributed by atoms with E-state index in [4.69, 9.17) is 9.84 Å². The van der Waals surface area contributed by atoms with Crippen molar-refractivity contribution in [1.29, 1.82) is 0 Å². The van der Waals surface area contributed by atoms with Gasteiger partial charge in [-0.25, -0.2) is 9.59 Å². The van der Waals surface area contributed by atoms with Crippen molar-refractivity contribution in [3.05, 3.63) is 0 Å². The number of likely N-dealkylation sites (tertiary alicyclic amines) is 2. The molecule has 0 bridgehead atoms. The standard InChI is InChI=1S/C11H18N2O5/c1-18-8-2-3-12(6-8)11(17)13-5-7(14)4-9(13)10(15)16/h7-9,14H,2-6H2,1H3,(H,15,16). The quantitative estimate of drug-likeness (QED) is 0.686. The number of carboxylic acid groups (broad SMARTS) is 1. The molecule has 0 aromatic carbocycles. The van der Waals surface area contributed by atoms with E-state index < -0.39 is 18.1 Å². The molecule has 2 aliphatic heterocycles. The first kappa shape index (κ1) is 13.1. The second kappa shape index (κ2) is 5.11. The largest absolute Gasteiger partial charge is 0.480 e. The fraction of sp³-hybridized carbons (Fsp3) is 0.818. The first-order chi connectivity index (χ1) is 8.52. The summed E-state index contributed by atoms with van der Waals surface area (Å²) in [6, 6.07) is -1.24. The molecule has 0 aromatic heterocycles. The van der Waals surface area contributed by atoms with Gasteiger partial charge >= 0.3 is 12.0 Å². The second-order valence-corrected chi connectivity index (χ2v) is 4.77. The number of nitrogens with zero attached hydrogens (tertiary/aromatic N) is 2. The van der Waals surface area contributed by atoms with Crippen LogP contribution >= 0.6 is 0 Å². The highest BCUT2D eigenvalue weighted by atomic mass is 16.5. The van der Waals surface area contributed by atoms with Crippen molar-refractivity contribution < 1.29 is 24.5 Å². The molecule has 18 heavy (non-hydrogen) atoms. The molecule has 102 valence electrons. The number of β-amino-alcohol motifs (C(OH)–C–C–N with tert-alkyl or cyclic N) is 1. The number of amides is 2. The summed E-state index contributed by atoms with van der Waals surface area (Å²) in [6.07, 6.45) is 0.125. The van der Waals surface area contributed by atoms with Gasteiger partial charge in [0.1, 0.15) is 6.04 Å². The van der Waals surface area contributed by atoms with Gasteiger partial charge in [0.25, 0.3) is 0 Å². The van der Waals surface area contributed by atoms with Crippen LogP contribution in [-0.2, 0) is 9.53 Å². The van der Waals surface area contributed by atoms with Crippen LogP contribution in [-0.4, -0.2) is 77.0 Å². The third-order valence-electron chi connectivity index (χ3n) is 3.56. The number of hydrogen-bond acceptors (Lipinski definition) is 4. The molecule has 2 amide bonds. The lowest BCUT2D eigenvalue weighted by molar-refractivity contribution is -0.141. The summed E-state index contributed by atoms with van der Waals surface area (Å²) < 4.78 is 5.17. The van der Waals surface area contributed by atoms with Crippen LogP contribution in [0.5, 0.6) is 0 Å². The fourth-order valence-electron chi connectivity index (χ4n) is 2.54. The summed E-state index contributed by atoms with van der Waals surface area (Å²) in [5.41, 5.74) is 0. The number of carboxylic acids is 1. The van der Waals surface area contributed by atoms with Gasteiger partial charge in [-0.3, -0.25) is 0 Å². The molecule has 2 fully saturated rings. The maximum atomic E-state index is 12.2. The van der Waals surface area contributed by atoms with Gasteiger partial charge in [-0.15, -0.1) is 0 Å². The molecule has 3 atom stereocenters. The zero-order valence-electron chi connectivity index (χ0n) is 10.3. The lowest BCUT2D eigenvalue weighted by Crippen LogP contribution is -2.47. The van der Waals surface area contributed by atoms with E-state index in [0.29, 0.717) is 13.1 Å². The van der Waals surface area contributed by atoms with Crippen LogP contribution in [0.25, 0.3) is 0 Å². The molecule has 2 N–H and O–H groups in total. The number of rotatable bonds is 2. The van der Waals surface area contributed by atoms with Crippen molar-refractivity contribution in [3.8, 4) is 0 Å². The Kier molecular flexibility index (Phi) is 3.72. The summed E-state index contributed by atoms with van der Waals surface area (Å²) in [4.78, 5) is 26.1. The zero-order chi connectivity index (χ0) is 13.3. The first-order valence-corrected chi connectivity index (χ1v) is 6.02. The van der Waals surface area contributed by atoms with Crippen LogP contribution in [0.15, 0.2) is 0 Å². The Balaban J connectivity index is 2.02. The third kappa shape index (κ3) is 2.41.